The summed E-state index contributed by atoms with van der Waals surface area (Å²) in [4.78, 5) is 30.8. The number of nitrogens with one attached hydrogen (secondary N) is 1. The van der Waals surface area contributed by atoms with E-state index in [-0.39, 0.29) is 17.8 Å². The van der Waals surface area contributed by atoms with Crippen LogP contribution in [-0.4, -0.2) is 71.3 Å². The Hall–Kier alpha value is -2.16. The van der Waals surface area contributed by atoms with Crippen molar-refractivity contribution in [3.8, 4) is 0 Å². The van der Waals surface area contributed by atoms with E-state index >= 15 is 0 Å². The molecule has 1 N–H and O–H groups in total. The number of hydrogen-bond acceptors (Lipinski definition) is 7. The molecule has 0 unspecified atom stereocenters. The molecule has 22 heavy (non-hydrogen) atoms. The van der Waals surface area contributed by atoms with Crippen molar-refractivity contribution in [2.24, 2.45) is 0 Å². The van der Waals surface area contributed by atoms with E-state index in [2.05, 4.69) is 20.4 Å². The molecule has 1 aromatic rings. The van der Waals surface area contributed by atoms with Gasteiger partial charge in [0.1, 0.15) is 5.60 Å². The summed E-state index contributed by atoms with van der Waals surface area (Å²) in [5.74, 6) is 0.0287. The number of rotatable bonds is 3. The number of ether oxygens (including phenoxy) is 1. The summed E-state index contributed by atoms with van der Waals surface area (Å²) in [5, 5.41) is 6.09. The number of aromatic nitrogens is 2. The van der Waals surface area contributed by atoms with Gasteiger partial charge in [-0.15, -0.1) is 0 Å². The van der Waals surface area contributed by atoms with Gasteiger partial charge in [-0.25, -0.2) is 4.79 Å². The average molecular weight is 309 g/mol. The third-order valence-electron chi connectivity index (χ3n) is 4.02. The quantitative estimate of drug-likeness (QED) is 0.828. The Kier molecular flexibility index (Phi) is 3.73. The molecule has 0 radical (unpaired) electrons. The molecule has 2 fully saturated rings. The normalized spacial score (nSPS) is 25.5. The first-order valence-corrected chi connectivity index (χ1v) is 7.22. The molecule has 1 atom stereocenters. The van der Waals surface area contributed by atoms with Crippen LogP contribution in [-0.2, 0) is 11.3 Å². The van der Waals surface area contributed by atoms with Gasteiger partial charge in [-0.2, -0.15) is 4.98 Å². The second-order valence-electron chi connectivity index (χ2n) is 5.81. The van der Waals surface area contributed by atoms with Crippen LogP contribution in [0.1, 0.15) is 29.4 Å². The highest BCUT2D eigenvalue weighted by molar-refractivity contribution is 5.89. The first-order valence-electron chi connectivity index (χ1n) is 7.22. The number of amides is 2. The number of likely N-dealkylation sites (N-methyl/N-ethyl adjacent to an activating group) is 1. The first-order chi connectivity index (χ1) is 10.5. The third-order valence-corrected chi connectivity index (χ3v) is 4.02. The second-order valence-corrected chi connectivity index (χ2v) is 5.81. The summed E-state index contributed by atoms with van der Waals surface area (Å²) >= 11 is 0. The minimum absolute atomic E-state index is 0.0243. The lowest BCUT2D eigenvalue weighted by molar-refractivity contribution is -0.0139. The molecule has 3 heterocycles. The number of piperidine rings is 1. The third kappa shape index (κ3) is 2.76. The summed E-state index contributed by atoms with van der Waals surface area (Å²) in [6.07, 6.45) is 1.51. The minimum atomic E-state index is -0.451. The van der Waals surface area contributed by atoms with Crippen LogP contribution in [0.3, 0.4) is 0 Å². The molecule has 0 aromatic carbocycles. The average Bonchev–Trinajstić information content (AvgIpc) is 3.04. The van der Waals surface area contributed by atoms with E-state index in [0.717, 1.165) is 19.4 Å². The van der Waals surface area contributed by atoms with Crippen molar-refractivity contribution in [1.82, 2.24) is 25.3 Å². The molecule has 1 aromatic heterocycles. The van der Waals surface area contributed by atoms with E-state index in [9.17, 15) is 9.59 Å². The van der Waals surface area contributed by atoms with Gasteiger partial charge in [-0.05, 0) is 19.4 Å². The van der Waals surface area contributed by atoms with Gasteiger partial charge in [0.25, 0.3) is 11.7 Å². The van der Waals surface area contributed by atoms with Crippen molar-refractivity contribution in [1.29, 1.82) is 0 Å². The highest BCUT2D eigenvalue weighted by Crippen LogP contribution is 2.31. The SMILES string of the molecule is CNC(=O)c1noc(CN2CCC[C@]3(C2)CN(C)C(=O)O3)n1. The van der Waals surface area contributed by atoms with E-state index in [1.165, 1.54) is 7.05 Å². The number of hydrogen-bond donors (Lipinski definition) is 1. The fourth-order valence-electron chi connectivity index (χ4n) is 3.04. The standard InChI is InChI=1S/C13H19N5O4/c1-14-11(19)10-15-9(22-16-10)6-18-5-3-4-13(8-18)7-17(2)12(20)21-13/h3-8H2,1-2H3,(H,14,19)/t13-/m1/s1. The number of likely N-dealkylation sites (tertiary alicyclic amines) is 1. The van der Waals surface area contributed by atoms with Crippen LogP contribution in [0.15, 0.2) is 4.52 Å². The summed E-state index contributed by atoms with van der Waals surface area (Å²) < 4.78 is 10.6. The zero-order valence-corrected chi connectivity index (χ0v) is 12.7. The molecule has 3 rings (SSSR count). The molecule has 9 nitrogen and oxygen atoms in total. The fourth-order valence-corrected chi connectivity index (χ4v) is 3.04. The molecule has 2 amide bonds. The number of carbonyl (C=O) groups is 2. The molecule has 1 spiro atoms. The van der Waals surface area contributed by atoms with E-state index in [0.29, 0.717) is 25.5 Å². The smallest absolute Gasteiger partial charge is 0.410 e. The Bertz CT molecular complexity index is 589. The highest BCUT2D eigenvalue weighted by Gasteiger charge is 2.46. The summed E-state index contributed by atoms with van der Waals surface area (Å²) in [7, 11) is 3.25. The molecule has 120 valence electrons. The Balaban J connectivity index is 1.65. The molecule has 2 aliphatic rings. The maximum atomic E-state index is 11.6. The van der Waals surface area contributed by atoms with Crippen LogP contribution in [0.2, 0.25) is 0 Å². The van der Waals surface area contributed by atoms with Gasteiger partial charge in [0.05, 0.1) is 13.1 Å². The van der Waals surface area contributed by atoms with Gasteiger partial charge in [-0.3, -0.25) is 9.69 Å². The molecule has 2 aliphatic heterocycles. The molecule has 2 saturated heterocycles. The monoisotopic (exact) mass is 309 g/mol. The van der Waals surface area contributed by atoms with E-state index in [1.54, 1.807) is 11.9 Å². The first kappa shape index (κ1) is 14.8. The topological polar surface area (TPSA) is 101 Å². The lowest BCUT2D eigenvalue weighted by Crippen LogP contribution is -2.50. The van der Waals surface area contributed by atoms with Crippen molar-refractivity contribution >= 4 is 12.0 Å². The van der Waals surface area contributed by atoms with Gasteiger partial charge < -0.3 is 19.5 Å². The van der Waals surface area contributed by atoms with Crippen molar-refractivity contribution in [2.45, 2.75) is 25.0 Å². The van der Waals surface area contributed by atoms with Crippen LogP contribution in [0.25, 0.3) is 0 Å². The Morgan fingerprint density at radius 2 is 2.27 bits per heavy atom. The molecule has 0 aliphatic carbocycles. The Morgan fingerprint density at radius 3 is 2.95 bits per heavy atom. The van der Waals surface area contributed by atoms with Crippen LogP contribution < -0.4 is 5.32 Å². The summed E-state index contributed by atoms with van der Waals surface area (Å²) in [6.45, 7) is 2.52. The minimum Gasteiger partial charge on any atom is -0.440 e. The predicted octanol–water partition coefficient (Wildman–Crippen LogP) is -0.154. The Morgan fingerprint density at radius 1 is 1.45 bits per heavy atom. The van der Waals surface area contributed by atoms with Gasteiger partial charge >= 0.3 is 6.09 Å². The van der Waals surface area contributed by atoms with Crippen LogP contribution in [0, 0.1) is 0 Å². The van der Waals surface area contributed by atoms with Crippen molar-refractivity contribution < 1.29 is 18.8 Å². The maximum absolute atomic E-state index is 11.6. The van der Waals surface area contributed by atoms with Gasteiger partial charge in [0.2, 0.25) is 5.89 Å². The number of carbonyl (C=O) groups excluding carboxylic acids is 2. The van der Waals surface area contributed by atoms with Gasteiger partial charge in [0, 0.05) is 20.6 Å². The van der Waals surface area contributed by atoms with E-state index in [1.807, 2.05) is 0 Å². The van der Waals surface area contributed by atoms with E-state index in [4.69, 9.17) is 9.26 Å². The van der Waals surface area contributed by atoms with Gasteiger partial charge in [-0.1, -0.05) is 5.16 Å². The second kappa shape index (κ2) is 5.56. The largest absolute Gasteiger partial charge is 0.440 e. The lowest BCUT2D eigenvalue weighted by Gasteiger charge is -2.37. The van der Waals surface area contributed by atoms with Crippen molar-refractivity contribution in [3.63, 3.8) is 0 Å². The fraction of sp³-hybridized carbons (Fsp3) is 0.692. The molecule has 9 heteroatoms. The maximum Gasteiger partial charge on any atom is 0.410 e. The summed E-state index contributed by atoms with van der Waals surface area (Å²) in [5.41, 5.74) is -0.451. The zero-order valence-electron chi connectivity index (χ0n) is 12.7. The van der Waals surface area contributed by atoms with Crippen molar-refractivity contribution in [3.05, 3.63) is 11.7 Å². The zero-order chi connectivity index (χ0) is 15.7. The molecular weight excluding hydrogens is 290 g/mol. The Labute approximate surface area is 127 Å². The highest BCUT2D eigenvalue weighted by atomic mass is 16.6. The predicted molar refractivity (Wildman–Crippen MR) is 74.0 cm³/mol. The number of nitrogens with zero attached hydrogens (tertiary/aromatic N) is 4. The molecule has 0 bridgehead atoms. The summed E-state index contributed by atoms with van der Waals surface area (Å²) in [6, 6.07) is 0. The lowest BCUT2D eigenvalue weighted by atomic mass is 9.93. The van der Waals surface area contributed by atoms with Crippen LogP contribution in [0.5, 0.6) is 0 Å². The van der Waals surface area contributed by atoms with Crippen LogP contribution >= 0.6 is 0 Å². The van der Waals surface area contributed by atoms with Crippen LogP contribution in [0.4, 0.5) is 4.79 Å². The van der Waals surface area contributed by atoms with Crippen molar-refractivity contribution in [2.75, 3.05) is 33.7 Å². The van der Waals surface area contributed by atoms with E-state index < -0.39 is 5.60 Å². The molecular formula is C13H19N5O4. The van der Waals surface area contributed by atoms with Gasteiger partial charge in [0.15, 0.2) is 0 Å². The molecule has 0 saturated carbocycles.